The fourth-order valence-electron chi connectivity index (χ4n) is 4.50. The van der Waals surface area contributed by atoms with E-state index in [4.69, 9.17) is 4.74 Å². The molecule has 1 aromatic carbocycles. The Morgan fingerprint density at radius 3 is 2.43 bits per heavy atom. The zero-order valence-corrected chi connectivity index (χ0v) is 16.7. The third-order valence-corrected chi connectivity index (χ3v) is 6.27. The van der Waals surface area contributed by atoms with Gasteiger partial charge in [-0.3, -0.25) is 4.79 Å². The van der Waals surface area contributed by atoms with Gasteiger partial charge in [-0.2, -0.15) is 0 Å². The van der Waals surface area contributed by atoms with Crippen molar-refractivity contribution in [2.75, 3.05) is 26.2 Å². The Morgan fingerprint density at radius 2 is 1.75 bits per heavy atom. The number of ether oxygens (including phenoxy) is 1. The molecular formula is C22H31N3O3. The highest BCUT2D eigenvalue weighted by molar-refractivity contribution is 5.79. The van der Waals surface area contributed by atoms with Crippen LogP contribution in [-0.4, -0.2) is 60.1 Å². The number of hydrogen-bond donors (Lipinski definition) is 1. The second kappa shape index (κ2) is 8.41. The van der Waals surface area contributed by atoms with E-state index in [-0.39, 0.29) is 24.1 Å². The number of rotatable bonds is 4. The van der Waals surface area contributed by atoms with Crippen LogP contribution in [0.3, 0.4) is 0 Å². The Balaban J connectivity index is 1.16. The lowest BCUT2D eigenvalue weighted by Crippen LogP contribution is -2.60. The fraction of sp³-hybridized carbons (Fsp3) is 0.636. The molecule has 0 radical (unpaired) electrons. The standard InChI is InChI=1S/C22H31N3O3/c1-16-5-4-8-19(13-16)28-20-14-25(15-20)22(27)23-18-9-11-24(12-10-18)21(26)17-6-2-3-7-17/h4-5,8,13,17-18,20H,2-3,6-7,9-12,14-15H2,1H3,(H,23,27). The van der Waals surface area contributed by atoms with Gasteiger partial charge in [0.1, 0.15) is 11.9 Å². The number of carbonyl (C=O) groups excluding carboxylic acids is 2. The molecule has 0 aromatic heterocycles. The summed E-state index contributed by atoms with van der Waals surface area (Å²) in [7, 11) is 0. The highest BCUT2D eigenvalue weighted by Crippen LogP contribution is 2.27. The summed E-state index contributed by atoms with van der Waals surface area (Å²) in [6.07, 6.45) is 6.24. The number of piperidine rings is 1. The predicted molar refractivity (Wildman–Crippen MR) is 107 cm³/mol. The Morgan fingerprint density at radius 1 is 1.04 bits per heavy atom. The maximum Gasteiger partial charge on any atom is 0.317 e. The maximum atomic E-state index is 12.5. The van der Waals surface area contributed by atoms with Gasteiger partial charge in [-0.15, -0.1) is 0 Å². The van der Waals surface area contributed by atoms with Gasteiger partial charge in [0.2, 0.25) is 5.91 Å². The number of aryl methyl sites for hydroxylation is 1. The molecule has 3 amide bonds. The molecule has 1 aromatic rings. The molecule has 0 spiro atoms. The van der Waals surface area contributed by atoms with Crippen LogP contribution >= 0.6 is 0 Å². The minimum Gasteiger partial charge on any atom is -0.487 e. The number of nitrogens with zero attached hydrogens (tertiary/aromatic N) is 2. The fourth-order valence-corrected chi connectivity index (χ4v) is 4.50. The van der Waals surface area contributed by atoms with Crippen LogP contribution in [0.15, 0.2) is 24.3 Å². The second-order valence-electron chi connectivity index (χ2n) is 8.49. The molecule has 3 fully saturated rings. The van der Waals surface area contributed by atoms with Gasteiger partial charge in [0, 0.05) is 25.0 Å². The SMILES string of the molecule is Cc1cccc(OC2CN(C(=O)NC3CCN(C(=O)C4CCCC4)CC3)C2)c1. The first-order valence-electron chi connectivity index (χ1n) is 10.7. The first-order chi connectivity index (χ1) is 13.6. The first kappa shape index (κ1) is 19.1. The van der Waals surface area contributed by atoms with Crippen LogP contribution in [0.1, 0.15) is 44.1 Å². The largest absolute Gasteiger partial charge is 0.487 e. The highest BCUT2D eigenvalue weighted by atomic mass is 16.5. The van der Waals surface area contributed by atoms with Gasteiger partial charge < -0.3 is 19.9 Å². The summed E-state index contributed by atoms with van der Waals surface area (Å²) in [4.78, 5) is 28.8. The third kappa shape index (κ3) is 4.42. The van der Waals surface area contributed by atoms with Crippen molar-refractivity contribution in [3.63, 3.8) is 0 Å². The molecule has 152 valence electrons. The van der Waals surface area contributed by atoms with Crippen LogP contribution in [0.2, 0.25) is 0 Å². The number of nitrogens with one attached hydrogen (secondary N) is 1. The first-order valence-corrected chi connectivity index (χ1v) is 10.7. The van der Waals surface area contributed by atoms with Gasteiger partial charge in [0.15, 0.2) is 0 Å². The van der Waals surface area contributed by atoms with Crippen molar-refractivity contribution >= 4 is 11.9 Å². The molecule has 0 unspecified atom stereocenters. The second-order valence-corrected chi connectivity index (χ2v) is 8.49. The smallest absolute Gasteiger partial charge is 0.317 e. The van der Waals surface area contributed by atoms with Crippen molar-refractivity contribution in [1.82, 2.24) is 15.1 Å². The molecule has 28 heavy (non-hydrogen) atoms. The van der Waals surface area contributed by atoms with Gasteiger partial charge in [0.05, 0.1) is 13.1 Å². The molecule has 0 bridgehead atoms. The molecule has 6 heteroatoms. The number of likely N-dealkylation sites (tertiary alicyclic amines) is 2. The Hall–Kier alpha value is -2.24. The topological polar surface area (TPSA) is 61.9 Å². The minimum atomic E-state index is -0.00957. The third-order valence-electron chi connectivity index (χ3n) is 6.27. The van der Waals surface area contributed by atoms with E-state index in [0.29, 0.717) is 19.0 Å². The summed E-state index contributed by atoms with van der Waals surface area (Å²) in [5.41, 5.74) is 1.17. The van der Waals surface area contributed by atoms with E-state index in [9.17, 15) is 9.59 Å². The number of benzene rings is 1. The van der Waals surface area contributed by atoms with E-state index in [1.54, 1.807) is 4.90 Å². The van der Waals surface area contributed by atoms with Crippen molar-refractivity contribution in [3.05, 3.63) is 29.8 Å². The zero-order valence-electron chi connectivity index (χ0n) is 16.7. The number of hydrogen-bond acceptors (Lipinski definition) is 3. The van der Waals surface area contributed by atoms with Crippen LogP contribution < -0.4 is 10.1 Å². The van der Waals surface area contributed by atoms with Gasteiger partial charge in [0.25, 0.3) is 0 Å². The van der Waals surface area contributed by atoms with Crippen molar-refractivity contribution in [2.45, 2.75) is 57.6 Å². The lowest BCUT2D eigenvalue weighted by molar-refractivity contribution is -0.136. The lowest BCUT2D eigenvalue weighted by Gasteiger charge is -2.40. The molecular weight excluding hydrogens is 354 g/mol. The molecule has 2 heterocycles. The van der Waals surface area contributed by atoms with Gasteiger partial charge in [-0.25, -0.2) is 4.79 Å². The number of urea groups is 1. The van der Waals surface area contributed by atoms with E-state index < -0.39 is 0 Å². The van der Waals surface area contributed by atoms with Gasteiger partial charge in [-0.05, 0) is 50.3 Å². The summed E-state index contributed by atoms with van der Waals surface area (Å²) >= 11 is 0. The van der Waals surface area contributed by atoms with E-state index in [2.05, 4.69) is 5.32 Å². The Bertz CT molecular complexity index is 703. The highest BCUT2D eigenvalue weighted by Gasteiger charge is 2.35. The van der Waals surface area contributed by atoms with E-state index in [0.717, 1.165) is 44.5 Å². The van der Waals surface area contributed by atoms with E-state index in [1.165, 1.54) is 18.4 Å². The molecule has 4 rings (SSSR count). The van der Waals surface area contributed by atoms with Crippen molar-refractivity contribution in [2.24, 2.45) is 5.92 Å². The van der Waals surface area contributed by atoms with Crippen molar-refractivity contribution in [1.29, 1.82) is 0 Å². The maximum absolute atomic E-state index is 12.5. The number of carbonyl (C=O) groups is 2. The molecule has 2 saturated heterocycles. The molecule has 1 saturated carbocycles. The van der Waals surface area contributed by atoms with Crippen molar-refractivity contribution in [3.8, 4) is 5.75 Å². The Labute approximate surface area is 167 Å². The molecule has 3 aliphatic rings. The Kier molecular flexibility index (Phi) is 5.74. The predicted octanol–water partition coefficient (Wildman–Crippen LogP) is 2.95. The molecule has 6 nitrogen and oxygen atoms in total. The summed E-state index contributed by atoms with van der Waals surface area (Å²) in [5.74, 6) is 1.45. The van der Waals surface area contributed by atoms with Crippen LogP contribution in [-0.2, 0) is 4.79 Å². The van der Waals surface area contributed by atoms with E-state index in [1.807, 2.05) is 36.1 Å². The molecule has 0 atom stereocenters. The van der Waals surface area contributed by atoms with Crippen molar-refractivity contribution < 1.29 is 14.3 Å². The minimum absolute atomic E-state index is 0.00957. The monoisotopic (exact) mass is 385 g/mol. The average molecular weight is 386 g/mol. The zero-order chi connectivity index (χ0) is 19.5. The molecule has 1 aliphatic carbocycles. The summed E-state index contributed by atoms with van der Waals surface area (Å²) < 4.78 is 5.92. The summed E-state index contributed by atoms with van der Waals surface area (Å²) in [6.45, 7) is 4.82. The van der Waals surface area contributed by atoms with Crippen LogP contribution in [0.25, 0.3) is 0 Å². The van der Waals surface area contributed by atoms with Crippen LogP contribution in [0.5, 0.6) is 5.75 Å². The van der Waals surface area contributed by atoms with E-state index >= 15 is 0 Å². The lowest BCUT2D eigenvalue weighted by atomic mass is 10.0. The van der Waals surface area contributed by atoms with Crippen LogP contribution in [0, 0.1) is 12.8 Å². The number of amides is 3. The summed E-state index contributed by atoms with van der Waals surface area (Å²) in [6, 6.07) is 8.15. The molecule has 2 aliphatic heterocycles. The summed E-state index contributed by atoms with van der Waals surface area (Å²) in [5, 5.41) is 3.14. The van der Waals surface area contributed by atoms with Gasteiger partial charge >= 0.3 is 6.03 Å². The normalized spacial score (nSPS) is 21.5. The average Bonchev–Trinajstić information content (AvgIpc) is 3.19. The quantitative estimate of drug-likeness (QED) is 0.867. The molecule has 1 N–H and O–H groups in total. The van der Waals surface area contributed by atoms with Crippen LogP contribution in [0.4, 0.5) is 4.79 Å². The van der Waals surface area contributed by atoms with Gasteiger partial charge in [-0.1, -0.05) is 25.0 Å².